The molecule has 2 N–H and O–H groups in total. The molecular weight excluding hydrogens is 412 g/mol. The molecule has 0 radical (unpaired) electrons. The number of urea groups is 1. The Morgan fingerprint density at radius 3 is 2.72 bits per heavy atom. The van der Waals surface area contributed by atoms with Crippen LogP contribution in [-0.2, 0) is 15.8 Å². The number of halogens is 1. The van der Waals surface area contributed by atoms with Gasteiger partial charge in [0.2, 0.25) is 5.91 Å². The van der Waals surface area contributed by atoms with Gasteiger partial charge in [-0.15, -0.1) is 11.3 Å². The van der Waals surface area contributed by atoms with E-state index in [2.05, 4.69) is 10.3 Å². The molecule has 1 spiro atoms. The Hall–Kier alpha value is -2.16. The average molecular weight is 435 g/mol. The summed E-state index contributed by atoms with van der Waals surface area (Å²) >= 11 is 7.53. The third kappa shape index (κ3) is 3.60. The van der Waals surface area contributed by atoms with E-state index in [4.69, 9.17) is 11.6 Å². The van der Waals surface area contributed by atoms with Crippen molar-refractivity contribution in [3.05, 3.63) is 39.9 Å². The number of fused-ring (bicyclic) bond motifs is 2. The van der Waals surface area contributed by atoms with Crippen LogP contribution in [-0.4, -0.2) is 46.6 Å². The van der Waals surface area contributed by atoms with Gasteiger partial charge in [-0.1, -0.05) is 11.6 Å². The highest BCUT2D eigenvalue weighted by molar-refractivity contribution is 7.14. The Bertz CT molecular complexity index is 986. The number of aliphatic hydroxyl groups is 1. The number of amides is 3. The van der Waals surface area contributed by atoms with Gasteiger partial charge in [0.25, 0.3) is 0 Å². The third-order valence-electron chi connectivity index (χ3n) is 5.67. The molecule has 154 valence electrons. The first-order valence-corrected chi connectivity index (χ1v) is 10.7. The zero-order valence-corrected chi connectivity index (χ0v) is 18.1. The minimum Gasteiger partial charge on any atom is -0.384 e. The number of nitrogens with one attached hydrogen (secondary N) is 1. The molecule has 1 atom stereocenters. The summed E-state index contributed by atoms with van der Waals surface area (Å²) < 4.78 is 0. The van der Waals surface area contributed by atoms with Crippen LogP contribution in [0, 0.1) is 0 Å². The number of benzene rings is 1. The number of hydrogen-bond donors (Lipinski definition) is 2. The fraction of sp³-hybridized carbons (Fsp3) is 0.450. The lowest BCUT2D eigenvalue weighted by atomic mass is 9.81. The van der Waals surface area contributed by atoms with Crippen LogP contribution in [0.15, 0.2) is 23.6 Å². The van der Waals surface area contributed by atoms with Gasteiger partial charge < -0.3 is 10.0 Å². The quantitative estimate of drug-likeness (QED) is 0.756. The first kappa shape index (κ1) is 20.1. The summed E-state index contributed by atoms with van der Waals surface area (Å²) in [5.74, 6) is 0.0373. The topological polar surface area (TPSA) is 85.8 Å². The van der Waals surface area contributed by atoms with Crippen molar-refractivity contribution in [2.24, 2.45) is 0 Å². The maximum Gasteiger partial charge on any atom is 0.328 e. The van der Waals surface area contributed by atoms with Gasteiger partial charge in [0.15, 0.2) is 5.13 Å². The summed E-state index contributed by atoms with van der Waals surface area (Å²) in [5.41, 5.74) is 0.929. The SMILES string of the molecule is CC(=O)N1CCC2(C1)CN(C(=O)Nc1nc(C(C)(C)O)cs1)c1ccc(Cl)cc12. The smallest absolute Gasteiger partial charge is 0.328 e. The molecule has 29 heavy (non-hydrogen) atoms. The molecule has 9 heteroatoms. The predicted octanol–water partition coefficient (Wildman–Crippen LogP) is 3.57. The van der Waals surface area contributed by atoms with Gasteiger partial charge in [0.05, 0.1) is 5.69 Å². The third-order valence-corrected chi connectivity index (χ3v) is 6.66. The number of likely N-dealkylation sites (tertiary alicyclic amines) is 1. The van der Waals surface area contributed by atoms with Crippen molar-refractivity contribution in [3.63, 3.8) is 0 Å². The van der Waals surface area contributed by atoms with Crippen LogP contribution in [0.3, 0.4) is 0 Å². The fourth-order valence-corrected chi connectivity index (χ4v) is 5.12. The summed E-state index contributed by atoms with van der Waals surface area (Å²) in [6, 6.07) is 5.24. The molecule has 1 aromatic carbocycles. The number of carbonyl (C=O) groups excluding carboxylic acids is 2. The number of nitrogens with zero attached hydrogens (tertiary/aromatic N) is 3. The Labute approximate surface area is 178 Å². The van der Waals surface area contributed by atoms with Crippen LogP contribution in [0.25, 0.3) is 0 Å². The molecule has 0 aliphatic carbocycles. The number of thiazole rings is 1. The van der Waals surface area contributed by atoms with E-state index < -0.39 is 5.60 Å². The predicted molar refractivity (Wildman–Crippen MR) is 114 cm³/mol. The van der Waals surface area contributed by atoms with Crippen molar-refractivity contribution in [3.8, 4) is 0 Å². The first-order valence-electron chi connectivity index (χ1n) is 9.41. The van der Waals surface area contributed by atoms with Crippen molar-refractivity contribution >= 4 is 45.7 Å². The normalized spacial score (nSPS) is 21.0. The zero-order valence-electron chi connectivity index (χ0n) is 16.5. The van der Waals surface area contributed by atoms with Crippen molar-refractivity contribution in [2.75, 3.05) is 29.9 Å². The van der Waals surface area contributed by atoms with Gasteiger partial charge in [-0.25, -0.2) is 9.78 Å². The van der Waals surface area contributed by atoms with Crippen molar-refractivity contribution in [1.82, 2.24) is 9.88 Å². The van der Waals surface area contributed by atoms with Gasteiger partial charge in [-0.2, -0.15) is 0 Å². The first-order chi connectivity index (χ1) is 13.6. The minimum absolute atomic E-state index is 0.0373. The lowest BCUT2D eigenvalue weighted by molar-refractivity contribution is -0.127. The van der Waals surface area contributed by atoms with Crippen LogP contribution in [0.2, 0.25) is 5.02 Å². The number of aromatic nitrogens is 1. The summed E-state index contributed by atoms with van der Waals surface area (Å²) in [7, 11) is 0. The Kier molecular flexibility index (Phi) is 4.83. The molecule has 2 aliphatic heterocycles. The van der Waals surface area contributed by atoms with E-state index in [-0.39, 0.29) is 17.4 Å². The van der Waals surface area contributed by atoms with Crippen molar-refractivity contribution in [2.45, 2.75) is 38.2 Å². The van der Waals surface area contributed by atoms with Crippen LogP contribution < -0.4 is 10.2 Å². The number of carbonyl (C=O) groups is 2. The molecule has 2 aromatic rings. The monoisotopic (exact) mass is 434 g/mol. The Morgan fingerprint density at radius 2 is 2.10 bits per heavy atom. The molecule has 1 unspecified atom stereocenters. The molecule has 3 amide bonds. The molecule has 1 aromatic heterocycles. The summed E-state index contributed by atoms with van der Waals surface area (Å²) in [6.45, 7) is 6.58. The fourth-order valence-electron chi connectivity index (χ4n) is 4.08. The largest absolute Gasteiger partial charge is 0.384 e. The van der Waals surface area contributed by atoms with Gasteiger partial charge in [0, 0.05) is 48.1 Å². The molecule has 2 aliphatic rings. The highest BCUT2D eigenvalue weighted by Gasteiger charge is 2.49. The van der Waals surface area contributed by atoms with Gasteiger partial charge in [-0.3, -0.25) is 15.0 Å². The highest BCUT2D eigenvalue weighted by Crippen LogP contribution is 2.47. The molecule has 4 rings (SSSR count). The van der Waals surface area contributed by atoms with Gasteiger partial charge in [0.1, 0.15) is 5.60 Å². The van der Waals surface area contributed by atoms with Crippen LogP contribution in [0.1, 0.15) is 38.4 Å². The molecule has 3 heterocycles. The molecular formula is C20H23ClN4O3S. The van der Waals surface area contributed by atoms with Crippen molar-refractivity contribution in [1.29, 1.82) is 0 Å². The molecule has 7 nitrogen and oxygen atoms in total. The molecule has 0 saturated carbocycles. The average Bonchev–Trinajstić information content (AvgIpc) is 3.33. The lowest BCUT2D eigenvalue weighted by Gasteiger charge is -2.25. The van der Waals surface area contributed by atoms with Crippen LogP contribution in [0.5, 0.6) is 0 Å². The Morgan fingerprint density at radius 1 is 1.34 bits per heavy atom. The maximum atomic E-state index is 13.1. The van der Waals surface area contributed by atoms with E-state index in [1.165, 1.54) is 11.3 Å². The van der Waals surface area contributed by atoms with E-state index >= 15 is 0 Å². The zero-order chi connectivity index (χ0) is 21.0. The van der Waals surface area contributed by atoms with Gasteiger partial charge >= 0.3 is 6.03 Å². The van der Waals surface area contributed by atoms with E-state index in [1.807, 2.05) is 17.0 Å². The van der Waals surface area contributed by atoms with E-state index in [9.17, 15) is 14.7 Å². The Balaban J connectivity index is 1.61. The van der Waals surface area contributed by atoms with E-state index in [0.717, 1.165) is 17.7 Å². The van der Waals surface area contributed by atoms with Crippen LogP contribution in [0.4, 0.5) is 15.6 Å². The second-order valence-corrected chi connectivity index (χ2v) is 9.54. The van der Waals surface area contributed by atoms with Gasteiger partial charge in [-0.05, 0) is 44.0 Å². The minimum atomic E-state index is -1.07. The van der Waals surface area contributed by atoms with E-state index in [1.54, 1.807) is 37.1 Å². The number of rotatable bonds is 2. The number of anilines is 2. The second-order valence-electron chi connectivity index (χ2n) is 8.25. The second kappa shape index (κ2) is 6.97. The molecule has 0 bridgehead atoms. The summed E-state index contributed by atoms with van der Waals surface area (Å²) in [5, 5.41) is 15.7. The van der Waals surface area contributed by atoms with Crippen LogP contribution >= 0.6 is 22.9 Å². The number of hydrogen-bond acceptors (Lipinski definition) is 5. The standard InChI is InChI=1S/C20H23ClN4O3S/c1-12(26)24-7-6-20(10-24)11-25(15-5-4-13(21)8-14(15)20)18(27)23-17-22-16(9-29-17)19(2,3)28/h4-5,8-9,28H,6-7,10-11H2,1-3H3,(H,22,23,27). The summed E-state index contributed by atoms with van der Waals surface area (Å²) in [6.07, 6.45) is 0.782. The van der Waals surface area contributed by atoms with Crippen molar-refractivity contribution < 1.29 is 14.7 Å². The maximum absolute atomic E-state index is 13.1. The summed E-state index contributed by atoms with van der Waals surface area (Å²) in [4.78, 5) is 32.8. The molecule has 1 fully saturated rings. The van der Waals surface area contributed by atoms with E-state index in [0.29, 0.717) is 35.5 Å². The highest BCUT2D eigenvalue weighted by atomic mass is 35.5. The lowest BCUT2D eigenvalue weighted by Crippen LogP contribution is -2.41. The molecule has 1 saturated heterocycles.